The molecular formula is C27H30ClN3O4. The Kier molecular flexibility index (Phi) is 6.69. The topological polar surface area (TPSA) is 84.7 Å². The number of carboxylic acid groups (broad SMARTS) is 1. The van der Waals surface area contributed by atoms with Crippen molar-refractivity contribution in [2.75, 3.05) is 13.7 Å². The molecule has 0 spiro atoms. The van der Waals surface area contributed by atoms with E-state index >= 15 is 0 Å². The second-order valence-electron chi connectivity index (χ2n) is 9.54. The maximum atomic E-state index is 12.4. The summed E-state index contributed by atoms with van der Waals surface area (Å²) in [6.07, 6.45) is 5.84. The summed E-state index contributed by atoms with van der Waals surface area (Å²) in [4.78, 5) is 31.5. The van der Waals surface area contributed by atoms with Crippen molar-refractivity contribution >= 4 is 34.7 Å². The van der Waals surface area contributed by atoms with Crippen LogP contribution in [0.5, 0.6) is 0 Å². The largest absolute Gasteiger partial charge is 0.481 e. The number of fused-ring (bicyclic) bond motifs is 3. The zero-order chi connectivity index (χ0) is 24.5. The van der Waals surface area contributed by atoms with Gasteiger partial charge in [0, 0.05) is 29.6 Å². The monoisotopic (exact) mass is 495 g/mol. The molecule has 1 aliphatic heterocycles. The number of benzene rings is 2. The Hall–Kier alpha value is -3.06. The number of hydrogen-bond acceptors (Lipinski definition) is 4. The lowest BCUT2D eigenvalue weighted by Crippen LogP contribution is -2.36. The van der Waals surface area contributed by atoms with E-state index in [2.05, 4.69) is 4.57 Å². The van der Waals surface area contributed by atoms with E-state index < -0.39 is 11.9 Å². The molecule has 1 atom stereocenters. The number of aromatic nitrogens is 2. The Bertz CT molecular complexity index is 1250. The van der Waals surface area contributed by atoms with Gasteiger partial charge in [-0.1, -0.05) is 61.2 Å². The number of rotatable bonds is 5. The van der Waals surface area contributed by atoms with Gasteiger partial charge in [-0.25, -0.2) is 9.78 Å². The minimum absolute atomic E-state index is 0.274. The Morgan fingerprint density at radius 2 is 1.91 bits per heavy atom. The standard InChI is InChI=1S/C27H30ClN3O4/c1-35-27(34)30-13-12-19-21(15-30)24-23(14-22(19)28)31(25(29-24)18-10-6-3-7-11-18)16-20(26(32)33)17-8-4-2-5-9-17/h2,4-5,8-9,14,18,20H,3,6-7,10-13,15-16H2,1H3,(H,32,33)/t20-/m0/s1. The quantitative estimate of drug-likeness (QED) is 0.488. The van der Waals surface area contributed by atoms with E-state index in [4.69, 9.17) is 21.3 Å². The van der Waals surface area contributed by atoms with Crippen molar-refractivity contribution in [3.8, 4) is 0 Å². The van der Waals surface area contributed by atoms with Crippen LogP contribution in [0, 0.1) is 0 Å². The molecular weight excluding hydrogens is 466 g/mol. The van der Waals surface area contributed by atoms with Crippen molar-refractivity contribution in [1.29, 1.82) is 0 Å². The molecule has 35 heavy (non-hydrogen) atoms. The zero-order valence-corrected chi connectivity index (χ0v) is 20.6. The van der Waals surface area contributed by atoms with Gasteiger partial charge in [0.15, 0.2) is 0 Å². The van der Waals surface area contributed by atoms with Gasteiger partial charge in [-0.3, -0.25) is 4.79 Å². The molecule has 2 aromatic carbocycles. The van der Waals surface area contributed by atoms with Crippen LogP contribution in [0.3, 0.4) is 0 Å². The molecule has 184 valence electrons. The lowest BCUT2D eigenvalue weighted by molar-refractivity contribution is -0.139. The highest BCUT2D eigenvalue weighted by molar-refractivity contribution is 6.32. The number of halogens is 1. The van der Waals surface area contributed by atoms with Crippen LogP contribution >= 0.6 is 11.6 Å². The number of carbonyl (C=O) groups excluding carboxylic acids is 1. The molecule has 1 fully saturated rings. The zero-order valence-electron chi connectivity index (χ0n) is 19.9. The van der Waals surface area contributed by atoms with Crippen molar-refractivity contribution in [3.63, 3.8) is 0 Å². The highest BCUT2D eigenvalue weighted by Gasteiger charge is 2.31. The molecule has 8 heteroatoms. The fourth-order valence-corrected chi connectivity index (χ4v) is 5.96. The number of amides is 1. The minimum Gasteiger partial charge on any atom is -0.481 e. The molecule has 0 radical (unpaired) electrons. The van der Waals surface area contributed by atoms with Crippen LogP contribution in [0.15, 0.2) is 36.4 Å². The number of methoxy groups -OCH3 is 1. The highest BCUT2D eigenvalue weighted by atomic mass is 35.5. The molecule has 1 saturated carbocycles. The lowest BCUT2D eigenvalue weighted by Gasteiger charge is -2.28. The summed E-state index contributed by atoms with van der Waals surface area (Å²) < 4.78 is 7.05. The van der Waals surface area contributed by atoms with E-state index in [0.29, 0.717) is 24.5 Å². The molecule has 3 aromatic rings. The number of ether oxygens (including phenoxy) is 1. The molecule has 1 aromatic heterocycles. The number of carboxylic acids is 1. The van der Waals surface area contributed by atoms with E-state index in [1.807, 2.05) is 36.4 Å². The molecule has 1 N–H and O–H groups in total. The molecule has 2 heterocycles. The van der Waals surface area contributed by atoms with Crippen molar-refractivity contribution in [1.82, 2.24) is 14.5 Å². The summed E-state index contributed by atoms with van der Waals surface area (Å²) in [5.74, 6) is -0.372. The van der Waals surface area contributed by atoms with Crippen LogP contribution in [0.1, 0.15) is 66.5 Å². The van der Waals surface area contributed by atoms with E-state index in [0.717, 1.165) is 59.2 Å². The molecule has 0 bridgehead atoms. The van der Waals surface area contributed by atoms with E-state index in [-0.39, 0.29) is 18.6 Å². The van der Waals surface area contributed by atoms with Gasteiger partial charge >= 0.3 is 12.1 Å². The van der Waals surface area contributed by atoms with E-state index in [9.17, 15) is 14.7 Å². The first-order chi connectivity index (χ1) is 17.0. The van der Waals surface area contributed by atoms with Crippen molar-refractivity contribution in [3.05, 3.63) is 63.9 Å². The van der Waals surface area contributed by atoms with Crippen LogP contribution in [0.25, 0.3) is 11.0 Å². The maximum Gasteiger partial charge on any atom is 0.409 e. The Balaban J connectivity index is 1.66. The highest BCUT2D eigenvalue weighted by Crippen LogP contribution is 2.39. The summed E-state index contributed by atoms with van der Waals surface area (Å²) >= 11 is 6.77. The van der Waals surface area contributed by atoms with Gasteiger partial charge in [-0.15, -0.1) is 0 Å². The van der Waals surface area contributed by atoms with Crippen LogP contribution in [-0.4, -0.2) is 45.3 Å². The third-order valence-corrected chi connectivity index (χ3v) is 7.82. The average molecular weight is 496 g/mol. The predicted molar refractivity (Wildman–Crippen MR) is 134 cm³/mol. The van der Waals surface area contributed by atoms with Gasteiger partial charge in [0.25, 0.3) is 0 Å². The number of nitrogens with zero attached hydrogens (tertiary/aromatic N) is 3. The van der Waals surface area contributed by atoms with E-state index in [1.165, 1.54) is 13.5 Å². The predicted octanol–water partition coefficient (Wildman–Crippen LogP) is 5.73. The molecule has 2 aliphatic rings. The van der Waals surface area contributed by atoms with Gasteiger partial charge in [-0.05, 0) is 36.5 Å². The summed E-state index contributed by atoms with van der Waals surface area (Å²) in [7, 11) is 1.39. The Labute approximate surface area is 209 Å². The third kappa shape index (κ3) is 4.49. The molecule has 1 amide bonds. The molecule has 1 aliphatic carbocycles. The minimum atomic E-state index is -0.867. The number of aliphatic carboxylic acids is 1. The first-order valence-electron chi connectivity index (χ1n) is 12.3. The summed E-state index contributed by atoms with van der Waals surface area (Å²) in [6, 6.07) is 11.3. The summed E-state index contributed by atoms with van der Waals surface area (Å²) in [6.45, 7) is 1.19. The maximum absolute atomic E-state index is 12.4. The Morgan fingerprint density at radius 3 is 2.60 bits per heavy atom. The van der Waals surface area contributed by atoms with Crippen LogP contribution in [0.4, 0.5) is 4.79 Å². The molecule has 7 nitrogen and oxygen atoms in total. The fourth-order valence-electron chi connectivity index (χ4n) is 5.65. The van der Waals surface area contributed by atoms with Crippen molar-refractivity contribution in [2.24, 2.45) is 0 Å². The number of carbonyl (C=O) groups is 2. The van der Waals surface area contributed by atoms with Crippen LogP contribution in [-0.2, 0) is 29.0 Å². The van der Waals surface area contributed by atoms with E-state index in [1.54, 1.807) is 4.90 Å². The third-order valence-electron chi connectivity index (χ3n) is 7.49. The summed E-state index contributed by atoms with van der Waals surface area (Å²) in [5.41, 5.74) is 4.36. The Morgan fingerprint density at radius 1 is 1.17 bits per heavy atom. The molecule has 0 unspecified atom stereocenters. The number of hydrogen-bond donors (Lipinski definition) is 1. The van der Waals surface area contributed by atoms with Crippen LogP contribution in [0.2, 0.25) is 5.02 Å². The van der Waals surface area contributed by atoms with Crippen LogP contribution < -0.4 is 0 Å². The fraction of sp³-hybridized carbons (Fsp3) is 0.444. The SMILES string of the molecule is COC(=O)N1CCc2c(Cl)cc3c(nc(C4CCCCC4)n3C[C@H](C(=O)O)c3ccccc3)c2C1. The second kappa shape index (κ2) is 9.90. The van der Waals surface area contributed by atoms with Gasteiger partial charge < -0.3 is 19.3 Å². The first-order valence-corrected chi connectivity index (χ1v) is 12.7. The van der Waals surface area contributed by atoms with Gasteiger partial charge in [0.05, 0.1) is 30.6 Å². The molecule has 0 saturated heterocycles. The first kappa shape index (κ1) is 23.7. The summed E-state index contributed by atoms with van der Waals surface area (Å²) in [5, 5.41) is 10.8. The lowest BCUT2D eigenvalue weighted by atomic mass is 9.88. The second-order valence-corrected chi connectivity index (χ2v) is 9.95. The van der Waals surface area contributed by atoms with Crippen molar-refractivity contribution in [2.45, 2.75) is 63.5 Å². The van der Waals surface area contributed by atoms with Gasteiger partial charge in [0.2, 0.25) is 0 Å². The van der Waals surface area contributed by atoms with Crippen molar-refractivity contribution < 1.29 is 19.4 Å². The normalized spacial score (nSPS) is 17.3. The van der Waals surface area contributed by atoms with Gasteiger partial charge in [0.1, 0.15) is 5.82 Å². The van der Waals surface area contributed by atoms with Gasteiger partial charge in [-0.2, -0.15) is 0 Å². The smallest absolute Gasteiger partial charge is 0.409 e. The average Bonchev–Trinajstić information content (AvgIpc) is 3.25. The number of imidazole rings is 1. The molecule has 5 rings (SSSR count).